The maximum Gasteiger partial charge on any atom is 0.158 e. The summed E-state index contributed by atoms with van der Waals surface area (Å²) in [6.07, 6.45) is 0. The van der Waals surface area contributed by atoms with Gasteiger partial charge in [0, 0.05) is 32.4 Å². The Morgan fingerprint density at radius 1 is 1.37 bits per heavy atom. The Kier molecular flexibility index (Phi) is 7.05. The van der Waals surface area contributed by atoms with Crippen LogP contribution in [-0.4, -0.2) is 42.9 Å². The smallest absolute Gasteiger partial charge is 0.158 e. The molecule has 0 atom stereocenters. The first kappa shape index (κ1) is 16.1. The van der Waals surface area contributed by atoms with E-state index >= 15 is 0 Å². The Morgan fingerprint density at radius 2 is 2.11 bits per heavy atom. The van der Waals surface area contributed by atoms with Gasteiger partial charge in [-0.25, -0.2) is 9.97 Å². The fourth-order valence-corrected chi connectivity index (χ4v) is 1.88. The number of hydrogen-bond donors (Lipinski definition) is 0. The molecule has 1 aromatic rings. The molecular formula is C13H22ClN3O2. The first-order valence-corrected chi connectivity index (χ1v) is 6.83. The van der Waals surface area contributed by atoms with E-state index in [1.165, 1.54) is 0 Å². The van der Waals surface area contributed by atoms with Crippen molar-refractivity contribution in [2.45, 2.75) is 33.4 Å². The number of methoxy groups -OCH3 is 1. The number of ether oxygens (including phenoxy) is 2. The fourth-order valence-electron chi connectivity index (χ4n) is 1.68. The number of hydrogen-bond acceptors (Lipinski definition) is 5. The van der Waals surface area contributed by atoms with Gasteiger partial charge in [0.25, 0.3) is 0 Å². The van der Waals surface area contributed by atoms with Gasteiger partial charge in [0.15, 0.2) is 5.82 Å². The van der Waals surface area contributed by atoms with Crippen LogP contribution >= 0.6 is 11.6 Å². The average molecular weight is 288 g/mol. The van der Waals surface area contributed by atoms with Gasteiger partial charge in [-0.3, -0.25) is 0 Å². The van der Waals surface area contributed by atoms with Gasteiger partial charge in [0.05, 0.1) is 6.61 Å². The summed E-state index contributed by atoms with van der Waals surface area (Å²) in [5.74, 6) is 1.41. The summed E-state index contributed by atoms with van der Waals surface area (Å²) in [4.78, 5) is 10.8. The molecule has 0 bridgehead atoms. The van der Waals surface area contributed by atoms with E-state index in [9.17, 15) is 0 Å². The van der Waals surface area contributed by atoms with Crippen molar-refractivity contribution in [3.05, 3.63) is 17.0 Å². The number of anilines is 1. The molecule has 0 amide bonds. The first-order chi connectivity index (χ1) is 9.08. The maximum atomic E-state index is 6.05. The summed E-state index contributed by atoms with van der Waals surface area (Å²) in [7, 11) is 1.69. The monoisotopic (exact) mass is 287 g/mol. The topological polar surface area (TPSA) is 47.5 Å². The summed E-state index contributed by atoms with van der Waals surface area (Å²) < 4.78 is 10.5. The minimum atomic E-state index is 0.307. The highest BCUT2D eigenvalue weighted by Crippen LogP contribution is 2.18. The molecule has 108 valence electrons. The van der Waals surface area contributed by atoms with Gasteiger partial charge in [0.2, 0.25) is 0 Å². The molecule has 1 heterocycles. The third kappa shape index (κ3) is 5.30. The van der Waals surface area contributed by atoms with E-state index in [-0.39, 0.29) is 0 Å². The van der Waals surface area contributed by atoms with E-state index in [0.29, 0.717) is 36.8 Å². The minimum absolute atomic E-state index is 0.307. The van der Waals surface area contributed by atoms with Crippen molar-refractivity contribution in [3.8, 4) is 0 Å². The van der Waals surface area contributed by atoms with Crippen LogP contribution in [0.2, 0.25) is 5.15 Å². The zero-order chi connectivity index (χ0) is 14.3. The van der Waals surface area contributed by atoms with E-state index in [1.54, 1.807) is 13.2 Å². The lowest BCUT2D eigenvalue weighted by molar-refractivity contribution is 0.128. The molecule has 1 aromatic heterocycles. The SMILES string of the molecule is CCOCc1nc(Cl)cc(N(CCOC)C(C)C)n1. The lowest BCUT2D eigenvalue weighted by atomic mass is 10.3. The van der Waals surface area contributed by atoms with Crippen LogP contribution < -0.4 is 4.90 Å². The van der Waals surface area contributed by atoms with Crippen molar-refractivity contribution >= 4 is 17.4 Å². The van der Waals surface area contributed by atoms with Crippen molar-refractivity contribution < 1.29 is 9.47 Å². The van der Waals surface area contributed by atoms with Crippen molar-refractivity contribution in [1.82, 2.24) is 9.97 Å². The molecule has 0 saturated heterocycles. The molecule has 0 aliphatic heterocycles. The fraction of sp³-hybridized carbons (Fsp3) is 0.692. The highest BCUT2D eigenvalue weighted by Gasteiger charge is 2.14. The second-order valence-corrected chi connectivity index (χ2v) is 4.77. The molecule has 0 unspecified atom stereocenters. The van der Waals surface area contributed by atoms with E-state index in [2.05, 4.69) is 28.7 Å². The number of nitrogens with zero attached hydrogens (tertiary/aromatic N) is 3. The van der Waals surface area contributed by atoms with E-state index in [1.807, 2.05) is 6.92 Å². The van der Waals surface area contributed by atoms with E-state index in [4.69, 9.17) is 21.1 Å². The third-order valence-corrected chi connectivity index (χ3v) is 2.81. The molecule has 0 N–H and O–H groups in total. The summed E-state index contributed by atoms with van der Waals surface area (Å²) in [5.41, 5.74) is 0. The van der Waals surface area contributed by atoms with Gasteiger partial charge in [-0.05, 0) is 20.8 Å². The quantitative estimate of drug-likeness (QED) is 0.688. The Bertz CT molecular complexity index is 388. The number of rotatable bonds is 8. The molecule has 0 aromatic carbocycles. The Hall–Kier alpha value is -0.910. The van der Waals surface area contributed by atoms with Crippen LogP contribution in [0.4, 0.5) is 5.82 Å². The molecule has 0 aliphatic rings. The lowest BCUT2D eigenvalue weighted by Gasteiger charge is -2.27. The molecule has 5 nitrogen and oxygen atoms in total. The summed E-state index contributed by atoms with van der Waals surface area (Å²) >= 11 is 6.05. The Morgan fingerprint density at radius 3 is 2.68 bits per heavy atom. The maximum absolute atomic E-state index is 6.05. The van der Waals surface area contributed by atoms with Crippen molar-refractivity contribution in [3.63, 3.8) is 0 Å². The predicted molar refractivity (Wildman–Crippen MR) is 76.7 cm³/mol. The zero-order valence-corrected chi connectivity index (χ0v) is 12.8. The van der Waals surface area contributed by atoms with Crippen molar-refractivity contribution in [1.29, 1.82) is 0 Å². The molecule has 0 radical (unpaired) electrons. The molecule has 0 saturated carbocycles. The molecule has 0 aliphatic carbocycles. The highest BCUT2D eigenvalue weighted by molar-refractivity contribution is 6.29. The number of halogens is 1. The summed E-state index contributed by atoms with van der Waals surface area (Å²) in [5, 5.41) is 0.433. The molecule has 0 fully saturated rings. The Labute approximate surface area is 119 Å². The average Bonchev–Trinajstić information content (AvgIpc) is 2.36. The number of aromatic nitrogens is 2. The van der Waals surface area contributed by atoms with Gasteiger partial charge < -0.3 is 14.4 Å². The van der Waals surface area contributed by atoms with Gasteiger partial charge in [-0.2, -0.15) is 0 Å². The Balaban J connectivity index is 2.91. The van der Waals surface area contributed by atoms with Crippen molar-refractivity contribution in [2.24, 2.45) is 0 Å². The van der Waals surface area contributed by atoms with E-state index < -0.39 is 0 Å². The van der Waals surface area contributed by atoms with Gasteiger partial charge in [-0.1, -0.05) is 11.6 Å². The van der Waals surface area contributed by atoms with Gasteiger partial charge in [0.1, 0.15) is 17.6 Å². The second-order valence-electron chi connectivity index (χ2n) is 4.38. The van der Waals surface area contributed by atoms with Crippen LogP contribution in [0.1, 0.15) is 26.6 Å². The standard InChI is InChI=1S/C13H22ClN3O2/c1-5-19-9-12-15-11(14)8-13(16-12)17(10(2)3)6-7-18-4/h8,10H,5-7,9H2,1-4H3. The second kappa shape index (κ2) is 8.30. The molecule has 0 spiro atoms. The zero-order valence-electron chi connectivity index (χ0n) is 12.0. The normalized spacial score (nSPS) is 11.1. The van der Waals surface area contributed by atoms with Crippen molar-refractivity contribution in [2.75, 3.05) is 31.8 Å². The van der Waals surface area contributed by atoms with Gasteiger partial charge in [-0.15, -0.1) is 0 Å². The van der Waals surface area contributed by atoms with E-state index in [0.717, 1.165) is 12.4 Å². The minimum Gasteiger partial charge on any atom is -0.383 e. The summed E-state index contributed by atoms with van der Waals surface area (Å²) in [6.45, 7) is 8.55. The van der Waals surface area contributed by atoms with Crippen LogP contribution in [0, 0.1) is 0 Å². The van der Waals surface area contributed by atoms with Crippen LogP contribution in [-0.2, 0) is 16.1 Å². The molecule has 19 heavy (non-hydrogen) atoms. The largest absolute Gasteiger partial charge is 0.383 e. The van der Waals surface area contributed by atoms with Crippen LogP contribution in [0.3, 0.4) is 0 Å². The van der Waals surface area contributed by atoms with Crippen LogP contribution in [0.25, 0.3) is 0 Å². The molecule has 1 rings (SSSR count). The first-order valence-electron chi connectivity index (χ1n) is 6.45. The summed E-state index contributed by atoms with van der Waals surface area (Å²) in [6, 6.07) is 2.08. The van der Waals surface area contributed by atoms with Crippen LogP contribution in [0.5, 0.6) is 0 Å². The molecule has 6 heteroatoms. The predicted octanol–water partition coefficient (Wildman–Crippen LogP) is 2.53. The lowest BCUT2D eigenvalue weighted by Crippen LogP contribution is -2.34. The van der Waals surface area contributed by atoms with Gasteiger partial charge >= 0.3 is 0 Å². The molecular weight excluding hydrogens is 266 g/mol. The highest BCUT2D eigenvalue weighted by atomic mass is 35.5. The van der Waals surface area contributed by atoms with Crippen LogP contribution in [0.15, 0.2) is 6.07 Å². The third-order valence-electron chi connectivity index (χ3n) is 2.62.